The molecule has 4 aromatic rings. The van der Waals surface area contributed by atoms with Gasteiger partial charge in [-0.25, -0.2) is 14.4 Å². The fourth-order valence-electron chi connectivity index (χ4n) is 6.22. The maximum Gasteiger partial charge on any atom is 0.420 e. The Kier molecular flexibility index (Phi) is 10.0. The molecular weight excluding hydrogens is 653 g/mol. The number of hydrogen-bond donors (Lipinski definition) is 3. The van der Waals surface area contributed by atoms with E-state index in [1.165, 1.54) is 0 Å². The van der Waals surface area contributed by atoms with Crippen molar-refractivity contribution in [2.75, 3.05) is 24.7 Å². The molecule has 4 aromatic carbocycles. The zero-order valence-corrected chi connectivity index (χ0v) is 27.2. The number of nitrogens with zero attached hydrogens (tertiary/aromatic N) is 1. The van der Waals surface area contributed by atoms with Gasteiger partial charge in [-0.15, -0.1) is 0 Å². The van der Waals surface area contributed by atoms with Crippen molar-refractivity contribution in [2.45, 2.75) is 23.9 Å². The first-order valence-electron chi connectivity index (χ1n) is 15.2. The monoisotopic (exact) mass is 684 g/mol. The second-order valence-corrected chi connectivity index (χ2v) is 13.9. The van der Waals surface area contributed by atoms with Gasteiger partial charge in [0.1, 0.15) is 19.3 Å². The standard InChI is InChI=1S/C36H32N2O8S2/c37-31(33(39)40)19-47-48-20-32(34(41)42)38(35(43)45-17-29-25-13-5-1-9-21(25)22-10-2-6-14-26(22)29)36(44)46-18-30-27-15-7-3-11-23(27)24-12-4-8-16-28(24)30/h1-16,29-32H,17-20,37H2,(H,39,40)(H,41,42)/t31-,32-/m0/s1. The van der Waals surface area contributed by atoms with Crippen molar-refractivity contribution in [3.8, 4) is 22.3 Å². The number of ether oxygens (including phenoxy) is 2. The summed E-state index contributed by atoms with van der Waals surface area (Å²) in [5.74, 6) is -3.57. The number of carboxylic acids is 2. The summed E-state index contributed by atoms with van der Waals surface area (Å²) < 4.78 is 11.4. The predicted molar refractivity (Wildman–Crippen MR) is 184 cm³/mol. The zero-order valence-electron chi connectivity index (χ0n) is 25.6. The van der Waals surface area contributed by atoms with Gasteiger partial charge in [0, 0.05) is 23.3 Å². The molecule has 2 amide bonds. The normalized spacial score (nSPS) is 14.2. The smallest absolute Gasteiger partial charge is 0.420 e. The van der Waals surface area contributed by atoms with Crippen LogP contribution in [0.1, 0.15) is 34.1 Å². The van der Waals surface area contributed by atoms with Crippen molar-refractivity contribution in [2.24, 2.45) is 5.73 Å². The molecule has 4 N–H and O–H groups in total. The molecule has 0 unspecified atom stereocenters. The van der Waals surface area contributed by atoms with E-state index in [0.717, 1.165) is 66.1 Å². The molecule has 0 aromatic heterocycles. The number of hydrogen-bond acceptors (Lipinski definition) is 9. The van der Waals surface area contributed by atoms with Crippen LogP contribution in [-0.4, -0.2) is 76.0 Å². The van der Waals surface area contributed by atoms with Crippen LogP contribution in [0.5, 0.6) is 0 Å². The quantitative estimate of drug-likeness (QED) is 0.112. The minimum absolute atomic E-state index is 0.0117. The summed E-state index contributed by atoms with van der Waals surface area (Å²) in [6.45, 7) is -0.274. The first kappa shape index (κ1) is 33.1. The van der Waals surface area contributed by atoms with Gasteiger partial charge in [0.05, 0.1) is 0 Å². The first-order chi connectivity index (χ1) is 23.3. The van der Waals surface area contributed by atoms with Gasteiger partial charge in [-0.2, -0.15) is 4.90 Å². The molecule has 0 spiro atoms. The Balaban J connectivity index is 1.22. The highest BCUT2D eigenvalue weighted by Gasteiger charge is 2.40. The number of carboxylic acid groups (broad SMARTS) is 2. The zero-order chi connectivity index (χ0) is 33.8. The van der Waals surface area contributed by atoms with E-state index >= 15 is 0 Å². The van der Waals surface area contributed by atoms with Crippen molar-refractivity contribution in [1.82, 2.24) is 4.90 Å². The predicted octanol–water partition coefficient (Wildman–Crippen LogP) is 6.43. The second-order valence-electron chi connectivity index (χ2n) is 11.3. The van der Waals surface area contributed by atoms with Crippen LogP contribution in [-0.2, 0) is 19.1 Å². The first-order valence-corrected chi connectivity index (χ1v) is 17.7. The molecule has 246 valence electrons. The van der Waals surface area contributed by atoms with Crippen molar-refractivity contribution in [3.63, 3.8) is 0 Å². The number of fused-ring (bicyclic) bond motifs is 6. The van der Waals surface area contributed by atoms with Crippen molar-refractivity contribution in [3.05, 3.63) is 119 Å². The molecule has 0 saturated heterocycles. The van der Waals surface area contributed by atoms with Crippen LogP contribution in [0.3, 0.4) is 0 Å². The largest absolute Gasteiger partial charge is 0.480 e. The number of amides is 2. The minimum Gasteiger partial charge on any atom is -0.480 e. The highest BCUT2D eigenvalue weighted by molar-refractivity contribution is 8.76. The van der Waals surface area contributed by atoms with E-state index in [9.17, 15) is 24.3 Å². The number of carbonyl (C=O) groups is 4. The molecular formula is C36H32N2O8S2. The van der Waals surface area contributed by atoms with E-state index in [4.69, 9.17) is 20.3 Å². The van der Waals surface area contributed by atoms with Gasteiger partial charge < -0.3 is 25.4 Å². The number of aliphatic carboxylic acids is 2. The third-order valence-electron chi connectivity index (χ3n) is 8.54. The van der Waals surface area contributed by atoms with Gasteiger partial charge in [-0.05, 0) is 44.5 Å². The highest BCUT2D eigenvalue weighted by atomic mass is 33.1. The molecule has 48 heavy (non-hydrogen) atoms. The molecule has 2 aliphatic rings. The van der Waals surface area contributed by atoms with Crippen LogP contribution in [0.4, 0.5) is 9.59 Å². The molecule has 0 radical (unpaired) electrons. The van der Waals surface area contributed by atoms with Crippen molar-refractivity contribution in [1.29, 1.82) is 0 Å². The second kappa shape index (κ2) is 14.5. The van der Waals surface area contributed by atoms with Gasteiger partial charge in [0.2, 0.25) is 0 Å². The number of rotatable bonds is 12. The Morgan fingerprint density at radius 2 is 0.958 bits per heavy atom. The Morgan fingerprint density at radius 3 is 1.31 bits per heavy atom. The molecule has 0 heterocycles. The Morgan fingerprint density at radius 1 is 0.604 bits per heavy atom. The number of imide groups is 1. The van der Waals surface area contributed by atoms with E-state index in [1.807, 2.05) is 97.1 Å². The van der Waals surface area contributed by atoms with E-state index < -0.39 is 36.2 Å². The van der Waals surface area contributed by atoms with Gasteiger partial charge in [-0.3, -0.25) is 4.79 Å². The summed E-state index contributed by atoms with van der Waals surface area (Å²) in [4.78, 5) is 51.7. The molecule has 6 rings (SSSR count). The highest BCUT2D eigenvalue weighted by Crippen LogP contribution is 2.46. The minimum atomic E-state index is -1.67. The summed E-state index contributed by atoms with van der Waals surface area (Å²) in [6, 6.07) is 28.2. The lowest BCUT2D eigenvalue weighted by Gasteiger charge is -2.27. The summed E-state index contributed by atoms with van der Waals surface area (Å²) in [5, 5.41) is 19.3. The van der Waals surface area contributed by atoms with E-state index in [2.05, 4.69) is 0 Å². The molecule has 0 bridgehead atoms. The van der Waals surface area contributed by atoms with Crippen LogP contribution >= 0.6 is 21.6 Å². The molecule has 2 atom stereocenters. The van der Waals surface area contributed by atoms with Crippen LogP contribution in [0.15, 0.2) is 97.1 Å². The summed E-state index contributed by atoms with van der Waals surface area (Å²) in [5.41, 5.74) is 13.4. The molecule has 12 heteroatoms. The van der Waals surface area contributed by atoms with E-state index in [0.29, 0.717) is 4.90 Å². The van der Waals surface area contributed by atoms with E-state index in [-0.39, 0.29) is 36.6 Å². The maximum atomic E-state index is 13.8. The van der Waals surface area contributed by atoms with E-state index in [1.54, 1.807) is 0 Å². The SMILES string of the molecule is N[C@@H](CSSC[C@@H](C(=O)O)N(C(=O)OCC1c2ccccc2-c2ccccc21)C(=O)OCC1c2ccccc2-c2ccccc21)C(=O)O. The molecule has 0 saturated carbocycles. The fraction of sp³-hybridized carbons (Fsp3) is 0.222. The Hall–Kier alpha value is -4.78. The lowest BCUT2D eigenvalue weighted by molar-refractivity contribution is -0.141. The average molecular weight is 685 g/mol. The van der Waals surface area contributed by atoms with Gasteiger partial charge in [-0.1, -0.05) is 119 Å². The van der Waals surface area contributed by atoms with Crippen LogP contribution < -0.4 is 5.73 Å². The Labute approximate surface area is 284 Å². The lowest BCUT2D eigenvalue weighted by Crippen LogP contribution is -2.50. The number of nitrogens with two attached hydrogens (primary N) is 1. The number of carbonyl (C=O) groups excluding carboxylic acids is 2. The molecule has 10 nitrogen and oxygen atoms in total. The number of benzene rings is 4. The van der Waals surface area contributed by atoms with Crippen LogP contribution in [0.25, 0.3) is 22.3 Å². The van der Waals surface area contributed by atoms with Crippen LogP contribution in [0, 0.1) is 0 Å². The van der Waals surface area contributed by atoms with Gasteiger partial charge in [0.15, 0.2) is 6.04 Å². The third kappa shape index (κ3) is 6.64. The maximum absolute atomic E-state index is 13.8. The summed E-state index contributed by atoms with van der Waals surface area (Å²) in [6.07, 6.45) is -2.32. The Bertz CT molecular complexity index is 1670. The molecule has 0 aliphatic heterocycles. The summed E-state index contributed by atoms with van der Waals surface area (Å²) in [7, 11) is 2.01. The van der Waals surface area contributed by atoms with Crippen molar-refractivity contribution >= 4 is 45.7 Å². The topological polar surface area (TPSA) is 156 Å². The summed E-state index contributed by atoms with van der Waals surface area (Å²) >= 11 is 0. The van der Waals surface area contributed by atoms with Crippen molar-refractivity contribution < 1.29 is 38.9 Å². The van der Waals surface area contributed by atoms with Crippen LogP contribution in [0.2, 0.25) is 0 Å². The average Bonchev–Trinajstić information content (AvgIpc) is 3.59. The molecule has 2 aliphatic carbocycles. The lowest BCUT2D eigenvalue weighted by atomic mass is 9.98. The third-order valence-corrected chi connectivity index (χ3v) is 11.0. The fourth-order valence-corrected chi connectivity index (χ4v) is 8.52. The van der Waals surface area contributed by atoms with Gasteiger partial charge >= 0.3 is 24.1 Å². The van der Waals surface area contributed by atoms with Gasteiger partial charge in [0.25, 0.3) is 0 Å². The molecule has 0 fully saturated rings.